The van der Waals surface area contributed by atoms with Crippen LogP contribution in [0.3, 0.4) is 0 Å². The molecule has 0 unspecified atom stereocenters. The molecule has 0 aliphatic carbocycles. The highest BCUT2D eigenvalue weighted by Crippen LogP contribution is 2.21. The van der Waals surface area contributed by atoms with Gasteiger partial charge in [-0.2, -0.15) is 0 Å². The second kappa shape index (κ2) is 5.40. The van der Waals surface area contributed by atoms with Crippen molar-refractivity contribution in [1.29, 1.82) is 0 Å². The molecular weight excluding hydrogens is 268 g/mol. The zero-order valence-corrected chi connectivity index (χ0v) is 11.5. The molecule has 1 aliphatic rings. The number of pyridine rings is 1. The molecule has 0 saturated carbocycles. The highest BCUT2D eigenvalue weighted by molar-refractivity contribution is 5.99. The largest absolute Gasteiger partial charge is 0.398 e. The van der Waals surface area contributed by atoms with Crippen LogP contribution in [0.2, 0.25) is 0 Å². The van der Waals surface area contributed by atoms with Crippen molar-refractivity contribution < 1.29 is 9.59 Å². The number of nitrogens with zero attached hydrogens (tertiary/aromatic N) is 2. The lowest BCUT2D eigenvalue weighted by atomic mass is 10.1. The Kier molecular flexibility index (Phi) is 3.43. The second-order valence-electron chi connectivity index (χ2n) is 5.01. The molecule has 1 aromatic heterocycles. The molecule has 0 spiro atoms. The molecular formula is C15H16N4O2. The molecule has 1 saturated heterocycles. The van der Waals surface area contributed by atoms with Crippen molar-refractivity contribution in [1.82, 2.24) is 15.2 Å². The number of benzene rings is 1. The standard InChI is InChI=1S/C15H16N4O2/c16-11-9-13(18-12-4-2-1-3-10(11)12)15(21)19-7-5-14(20)17-6-8-19/h1-4,9H,5-8H2,(H2,16,18)(H,17,20). The zero-order valence-electron chi connectivity index (χ0n) is 11.5. The summed E-state index contributed by atoms with van der Waals surface area (Å²) in [5, 5.41) is 3.58. The van der Waals surface area contributed by atoms with Crippen molar-refractivity contribution in [3.63, 3.8) is 0 Å². The van der Waals surface area contributed by atoms with Crippen LogP contribution in [0.4, 0.5) is 5.69 Å². The van der Waals surface area contributed by atoms with Gasteiger partial charge in [0.1, 0.15) is 5.69 Å². The van der Waals surface area contributed by atoms with Crippen molar-refractivity contribution in [2.75, 3.05) is 25.4 Å². The van der Waals surface area contributed by atoms with Crippen LogP contribution in [0.25, 0.3) is 10.9 Å². The number of nitrogens with one attached hydrogen (secondary N) is 1. The van der Waals surface area contributed by atoms with E-state index in [0.717, 1.165) is 5.39 Å². The highest BCUT2D eigenvalue weighted by Gasteiger charge is 2.21. The van der Waals surface area contributed by atoms with Crippen LogP contribution in [-0.4, -0.2) is 41.3 Å². The van der Waals surface area contributed by atoms with Crippen molar-refractivity contribution >= 4 is 28.4 Å². The van der Waals surface area contributed by atoms with Crippen molar-refractivity contribution in [3.8, 4) is 0 Å². The molecule has 6 heteroatoms. The summed E-state index contributed by atoms with van der Waals surface area (Å²) >= 11 is 0. The highest BCUT2D eigenvalue weighted by atomic mass is 16.2. The van der Waals surface area contributed by atoms with Gasteiger partial charge in [0.15, 0.2) is 0 Å². The van der Waals surface area contributed by atoms with Crippen LogP contribution in [0.15, 0.2) is 30.3 Å². The number of anilines is 1. The van der Waals surface area contributed by atoms with E-state index in [9.17, 15) is 9.59 Å². The minimum Gasteiger partial charge on any atom is -0.398 e. The van der Waals surface area contributed by atoms with Crippen LogP contribution in [0.5, 0.6) is 0 Å². The molecule has 1 aliphatic heterocycles. The summed E-state index contributed by atoms with van der Waals surface area (Å²) in [5.41, 5.74) is 7.55. The molecule has 0 atom stereocenters. The first kappa shape index (κ1) is 13.4. The third kappa shape index (κ3) is 2.65. The number of hydrogen-bond donors (Lipinski definition) is 2. The fourth-order valence-corrected chi connectivity index (χ4v) is 2.44. The van der Waals surface area contributed by atoms with Gasteiger partial charge in [-0.15, -0.1) is 0 Å². The molecule has 3 N–H and O–H groups in total. The lowest BCUT2D eigenvalue weighted by molar-refractivity contribution is -0.120. The summed E-state index contributed by atoms with van der Waals surface area (Å²) in [4.78, 5) is 29.9. The van der Waals surface area contributed by atoms with Gasteiger partial charge in [-0.3, -0.25) is 9.59 Å². The molecule has 21 heavy (non-hydrogen) atoms. The molecule has 2 aromatic rings. The van der Waals surface area contributed by atoms with E-state index in [4.69, 9.17) is 5.73 Å². The molecule has 3 rings (SSSR count). The predicted octanol–water partition coefficient (Wildman–Crippen LogP) is 0.779. The summed E-state index contributed by atoms with van der Waals surface area (Å²) in [7, 11) is 0. The van der Waals surface area contributed by atoms with Crippen LogP contribution in [0, 0.1) is 0 Å². The van der Waals surface area contributed by atoms with Crippen LogP contribution in [-0.2, 0) is 4.79 Å². The van der Waals surface area contributed by atoms with Gasteiger partial charge in [0, 0.05) is 37.1 Å². The Labute approximate surface area is 121 Å². The summed E-state index contributed by atoms with van der Waals surface area (Å²) in [5.74, 6) is -0.222. The van der Waals surface area contributed by atoms with Crippen LogP contribution < -0.4 is 11.1 Å². The van der Waals surface area contributed by atoms with Gasteiger partial charge < -0.3 is 16.0 Å². The van der Waals surface area contributed by atoms with E-state index >= 15 is 0 Å². The molecule has 2 heterocycles. The fourth-order valence-electron chi connectivity index (χ4n) is 2.44. The number of rotatable bonds is 1. The van der Waals surface area contributed by atoms with Gasteiger partial charge in [-0.05, 0) is 12.1 Å². The zero-order chi connectivity index (χ0) is 14.8. The number of carbonyl (C=O) groups is 2. The van der Waals surface area contributed by atoms with Gasteiger partial charge in [0.2, 0.25) is 5.91 Å². The van der Waals surface area contributed by atoms with E-state index in [1.165, 1.54) is 0 Å². The lowest BCUT2D eigenvalue weighted by Crippen LogP contribution is -2.34. The molecule has 0 radical (unpaired) electrons. The van der Waals surface area contributed by atoms with Gasteiger partial charge in [0.05, 0.1) is 5.52 Å². The monoisotopic (exact) mass is 284 g/mol. The summed E-state index contributed by atoms with van der Waals surface area (Å²) in [6, 6.07) is 9.05. The van der Waals surface area contributed by atoms with E-state index in [0.29, 0.717) is 43.0 Å². The first-order valence-corrected chi connectivity index (χ1v) is 6.86. The van der Waals surface area contributed by atoms with E-state index in [-0.39, 0.29) is 11.8 Å². The first-order valence-electron chi connectivity index (χ1n) is 6.86. The van der Waals surface area contributed by atoms with Gasteiger partial charge >= 0.3 is 0 Å². The second-order valence-corrected chi connectivity index (χ2v) is 5.01. The number of fused-ring (bicyclic) bond motifs is 1. The topological polar surface area (TPSA) is 88.3 Å². The van der Waals surface area contributed by atoms with E-state index in [2.05, 4.69) is 10.3 Å². The number of para-hydroxylation sites is 1. The minimum atomic E-state index is -0.191. The number of carbonyl (C=O) groups excluding carboxylic acids is 2. The predicted molar refractivity (Wildman–Crippen MR) is 79.7 cm³/mol. The average Bonchev–Trinajstić information content (AvgIpc) is 2.71. The molecule has 2 amide bonds. The molecule has 1 fully saturated rings. The maximum absolute atomic E-state index is 12.5. The Morgan fingerprint density at radius 2 is 2.10 bits per heavy atom. The first-order chi connectivity index (χ1) is 10.1. The molecule has 0 bridgehead atoms. The van der Waals surface area contributed by atoms with E-state index < -0.39 is 0 Å². The van der Waals surface area contributed by atoms with Crippen molar-refractivity contribution in [2.45, 2.75) is 6.42 Å². The van der Waals surface area contributed by atoms with Crippen molar-refractivity contribution in [2.24, 2.45) is 0 Å². The Morgan fingerprint density at radius 1 is 1.29 bits per heavy atom. The Bertz CT molecular complexity index is 714. The Hall–Kier alpha value is -2.63. The minimum absolute atomic E-state index is 0.0312. The maximum Gasteiger partial charge on any atom is 0.272 e. The average molecular weight is 284 g/mol. The SMILES string of the molecule is Nc1cc(C(=O)N2CCNC(=O)CC2)nc2ccccc12. The van der Waals surface area contributed by atoms with E-state index in [1.54, 1.807) is 11.0 Å². The third-order valence-electron chi connectivity index (χ3n) is 3.57. The number of hydrogen-bond acceptors (Lipinski definition) is 4. The lowest BCUT2D eigenvalue weighted by Gasteiger charge is -2.19. The number of nitrogens with two attached hydrogens (primary N) is 1. The number of nitrogen functional groups attached to an aromatic ring is 1. The summed E-state index contributed by atoms with van der Waals surface area (Å²) in [6.45, 7) is 1.35. The fraction of sp³-hybridized carbons (Fsp3) is 0.267. The normalized spacial score (nSPS) is 15.6. The smallest absolute Gasteiger partial charge is 0.272 e. The van der Waals surface area contributed by atoms with Gasteiger partial charge in [-0.25, -0.2) is 4.98 Å². The molecule has 1 aromatic carbocycles. The van der Waals surface area contributed by atoms with Crippen molar-refractivity contribution in [3.05, 3.63) is 36.0 Å². The molecule has 6 nitrogen and oxygen atoms in total. The number of aromatic nitrogens is 1. The van der Waals surface area contributed by atoms with Crippen LogP contribution in [0.1, 0.15) is 16.9 Å². The van der Waals surface area contributed by atoms with Crippen LogP contribution >= 0.6 is 0 Å². The Morgan fingerprint density at radius 3 is 2.95 bits per heavy atom. The van der Waals surface area contributed by atoms with E-state index in [1.807, 2.05) is 24.3 Å². The van der Waals surface area contributed by atoms with Gasteiger partial charge in [-0.1, -0.05) is 18.2 Å². The third-order valence-corrected chi connectivity index (χ3v) is 3.57. The Balaban J connectivity index is 1.92. The number of amides is 2. The summed E-state index contributed by atoms with van der Waals surface area (Å²) < 4.78 is 0. The molecule has 108 valence electrons. The quantitative estimate of drug-likeness (QED) is 0.810. The summed E-state index contributed by atoms with van der Waals surface area (Å²) in [6.07, 6.45) is 0.314. The van der Waals surface area contributed by atoms with Gasteiger partial charge in [0.25, 0.3) is 5.91 Å². The maximum atomic E-state index is 12.5.